The van der Waals surface area contributed by atoms with Crippen LogP contribution in [0.3, 0.4) is 0 Å². The van der Waals surface area contributed by atoms with Crippen molar-refractivity contribution >= 4 is 21.9 Å². The van der Waals surface area contributed by atoms with Crippen LogP contribution >= 0.6 is 15.9 Å². The molecule has 0 aromatic heterocycles. The highest BCUT2D eigenvalue weighted by Gasteiger charge is 2.43. The van der Waals surface area contributed by atoms with Gasteiger partial charge in [0.25, 0.3) is 0 Å². The van der Waals surface area contributed by atoms with Crippen LogP contribution in [0.25, 0.3) is 0 Å². The first-order valence-corrected chi connectivity index (χ1v) is 5.44. The number of nitrogens with zero attached hydrogens (tertiary/aromatic N) is 1. The van der Waals surface area contributed by atoms with Gasteiger partial charge in [0.1, 0.15) is 5.75 Å². The third kappa shape index (κ3) is 1.69. The van der Waals surface area contributed by atoms with Gasteiger partial charge in [-0.3, -0.25) is 10.1 Å². The average molecular weight is 286 g/mol. The molecule has 2 atom stereocenters. The van der Waals surface area contributed by atoms with Crippen molar-refractivity contribution in [2.24, 2.45) is 0 Å². The van der Waals surface area contributed by atoms with Gasteiger partial charge in [0.15, 0.2) is 0 Å². The molecule has 2 rings (SSSR count). The molecule has 84 valence electrons. The molecule has 0 radical (unpaired) electrons. The van der Waals surface area contributed by atoms with Gasteiger partial charge < -0.3 is 4.74 Å². The minimum Gasteiger partial charge on any atom is -0.421 e. The summed E-state index contributed by atoms with van der Waals surface area (Å²) in [5.41, 5.74) is 0.677. The molecule has 1 aromatic carbocycles. The highest BCUT2D eigenvalue weighted by atomic mass is 79.9. The van der Waals surface area contributed by atoms with Gasteiger partial charge in [-0.2, -0.15) is 0 Å². The van der Waals surface area contributed by atoms with Crippen molar-refractivity contribution in [2.75, 3.05) is 0 Å². The van der Waals surface area contributed by atoms with Crippen LogP contribution in [0.4, 0.5) is 0 Å². The highest BCUT2D eigenvalue weighted by molar-refractivity contribution is 9.10. The second-order valence-corrected chi connectivity index (χ2v) is 4.54. The van der Waals surface area contributed by atoms with Gasteiger partial charge in [0.05, 0.1) is 5.92 Å². The SMILES string of the molecule is CC1c2cc(Br)ccc2OC(=O)C1[N+](=O)[O-]. The van der Waals surface area contributed by atoms with E-state index in [1.807, 2.05) is 0 Å². The third-order valence-corrected chi connectivity index (χ3v) is 3.11. The number of fused-ring (bicyclic) bond motifs is 1. The lowest BCUT2D eigenvalue weighted by molar-refractivity contribution is -0.514. The normalized spacial score (nSPS) is 23.5. The van der Waals surface area contributed by atoms with Gasteiger partial charge in [0, 0.05) is 15.0 Å². The van der Waals surface area contributed by atoms with E-state index in [2.05, 4.69) is 15.9 Å². The maximum atomic E-state index is 11.4. The zero-order valence-electron chi connectivity index (χ0n) is 8.34. The van der Waals surface area contributed by atoms with Crippen molar-refractivity contribution in [2.45, 2.75) is 18.9 Å². The van der Waals surface area contributed by atoms with Crippen LogP contribution in [0.1, 0.15) is 18.4 Å². The van der Waals surface area contributed by atoms with Gasteiger partial charge >= 0.3 is 12.0 Å². The standard InChI is InChI=1S/C10H8BrNO4/c1-5-7-4-6(11)2-3-8(7)16-10(13)9(5)12(14)15/h2-5,9H,1H3. The van der Waals surface area contributed by atoms with Crippen LogP contribution in [-0.4, -0.2) is 16.9 Å². The second-order valence-electron chi connectivity index (χ2n) is 3.62. The predicted octanol–water partition coefficient (Wildman–Crippen LogP) is 2.12. The molecule has 5 nitrogen and oxygen atoms in total. The number of benzene rings is 1. The van der Waals surface area contributed by atoms with Gasteiger partial charge in [0.2, 0.25) is 0 Å². The summed E-state index contributed by atoms with van der Waals surface area (Å²) >= 11 is 3.28. The number of carbonyl (C=O) groups excluding carboxylic acids is 1. The zero-order valence-corrected chi connectivity index (χ0v) is 9.93. The van der Waals surface area contributed by atoms with E-state index in [4.69, 9.17) is 4.74 Å². The number of hydrogen-bond acceptors (Lipinski definition) is 4. The Kier molecular flexibility index (Phi) is 2.67. The van der Waals surface area contributed by atoms with Crippen LogP contribution in [0.2, 0.25) is 0 Å². The third-order valence-electron chi connectivity index (χ3n) is 2.62. The molecule has 1 aliphatic rings. The molecular formula is C10H8BrNO4. The Morgan fingerprint density at radius 2 is 2.19 bits per heavy atom. The van der Waals surface area contributed by atoms with Gasteiger partial charge in [-0.25, -0.2) is 4.79 Å². The summed E-state index contributed by atoms with van der Waals surface area (Å²) in [6, 6.07) is 3.78. The molecular weight excluding hydrogens is 278 g/mol. The number of rotatable bonds is 1. The van der Waals surface area contributed by atoms with E-state index < -0.39 is 22.9 Å². The largest absolute Gasteiger partial charge is 0.421 e. The van der Waals surface area contributed by atoms with E-state index >= 15 is 0 Å². The van der Waals surface area contributed by atoms with Crippen molar-refractivity contribution in [1.82, 2.24) is 0 Å². The molecule has 16 heavy (non-hydrogen) atoms. The van der Waals surface area contributed by atoms with E-state index in [0.29, 0.717) is 11.3 Å². The number of ether oxygens (including phenoxy) is 1. The molecule has 0 bridgehead atoms. The Hall–Kier alpha value is -1.43. The predicted molar refractivity (Wildman–Crippen MR) is 59.0 cm³/mol. The smallest absolute Gasteiger partial charge is 0.387 e. The molecule has 0 fully saturated rings. The topological polar surface area (TPSA) is 69.4 Å². The van der Waals surface area contributed by atoms with Crippen LogP contribution < -0.4 is 4.74 Å². The average Bonchev–Trinajstić information content (AvgIpc) is 2.19. The second kappa shape index (κ2) is 3.86. The first-order valence-electron chi connectivity index (χ1n) is 4.65. The van der Waals surface area contributed by atoms with Crippen molar-refractivity contribution in [3.63, 3.8) is 0 Å². The summed E-state index contributed by atoms with van der Waals surface area (Å²) in [5.74, 6) is -0.880. The lowest BCUT2D eigenvalue weighted by Gasteiger charge is -2.24. The number of esters is 1. The molecule has 1 aromatic rings. The first-order chi connectivity index (χ1) is 7.50. The van der Waals surface area contributed by atoms with E-state index in [0.717, 1.165) is 4.47 Å². The van der Waals surface area contributed by atoms with Gasteiger partial charge in [-0.15, -0.1) is 0 Å². The lowest BCUT2D eigenvalue weighted by Crippen LogP contribution is -2.41. The summed E-state index contributed by atoms with van der Waals surface area (Å²) in [5, 5.41) is 10.8. The summed E-state index contributed by atoms with van der Waals surface area (Å²) in [6.45, 7) is 1.65. The fourth-order valence-corrected chi connectivity index (χ4v) is 2.16. The van der Waals surface area contributed by atoms with Crippen LogP contribution in [0.5, 0.6) is 5.75 Å². The number of halogens is 1. The van der Waals surface area contributed by atoms with E-state index in [1.165, 1.54) is 0 Å². The molecule has 0 amide bonds. The van der Waals surface area contributed by atoms with Crippen LogP contribution in [0.15, 0.2) is 22.7 Å². The van der Waals surface area contributed by atoms with E-state index in [-0.39, 0.29) is 0 Å². The fraction of sp³-hybridized carbons (Fsp3) is 0.300. The lowest BCUT2D eigenvalue weighted by atomic mass is 9.91. The summed E-state index contributed by atoms with van der Waals surface area (Å²) in [6.07, 6.45) is 0. The molecule has 2 unspecified atom stereocenters. The Bertz CT molecular complexity index is 474. The molecule has 1 aliphatic heterocycles. The first kappa shape index (κ1) is 11.1. The Morgan fingerprint density at radius 1 is 1.50 bits per heavy atom. The van der Waals surface area contributed by atoms with Crippen LogP contribution in [0, 0.1) is 10.1 Å². The maximum absolute atomic E-state index is 11.4. The van der Waals surface area contributed by atoms with Crippen molar-refractivity contribution < 1.29 is 14.5 Å². The van der Waals surface area contributed by atoms with Gasteiger partial charge in [-0.05, 0) is 18.2 Å². The molecule has 0 saturated heterocycles. The minimum absolute atomic E-state index is 0.402. The fourth-order valence-electron chi connectivity index (χ4n) is 1.78. The van der Waals surface area contributed by atoms with E-state index in [9.17, 15) is 14.9 Å². The zero-order chi connectivity index (χ0) is 11.9. The van der Waals surface area contributed by atoms with E-state index in [1.54, 1.807) is 25.1 Å². The molecule has 0 N–H and O–H groups in total. The summed E-state index contributed by atoms with van der Waals surface area (Å²) in [7, 11) is 0. The van der Waals surface area contributed by atoms with Crippen molar-refractivity contribution in [3.05, 3.63) is 38.3 Å². The van der Waals surface area contributed by atoms with Crippen molar-refractivity contribution in [1.29, 1.82) is 0 Å². The molecule has 6 heteroatoms. The minimum atomic E-state index is -1.32. The highest BCUT2D eigenvalue weighted by Crippen LogP contribution is 2.36. The van der Waals surface area contributed by atoms with Crippen molar-refractivity contribution in [3.8, 4) is 5.75 Å². The number of hydrogen-bond donors (Lipinski definition) is 0. The molecule has 0 aliphatic carbocycles. The monoisotopic (exact) mass is 285 g/mol. The summed E-state index contributed by atoms with van der Waals surface area (Å²) < 4.78 is 5.73. The Morgan fingerprint density at radius 3 is 2.81 bits per heavy atom. The quantitative estimate of drug-likeness (QED) is 0.343. The number of carbonyl (C=O) groups is 1. The summed E-state index contributed by atoms with van der Waals surface area (Å²) in [4.78, 5) is 21.6. The molecule has 1 heterocycles. The van der Waals surface area contributed by atoms with Gasteiger partial charge in [-0.1, -0.05) is 22.9 Å². The maximum Gasteiger partial charge on any atom is 0.387 e. The Balaban J connectivity index is 2.50. The number of nitro groups is 1. The Labute approximate surface area is 99.7 Å². The molecule has 0 saturated carbocycles. The van der Waals surface area contributed by atoms with Crippen LogP contribution in [-0.2, 0) is 4.79 Å². The molecule has 0 spiro atoms.